The van der Waals surface area contributed by atoms with Crippen molar-refractivity contribution in [3.63, 3.8) is 0 Å². The molecule has 36 heavy (non-hydrogen) atoms. The number of methoxy groups -OCH3 is 4. The van der Waals surface area contributed by atoms with Gasteiger partial charge in [0, 0.05) is 24.2 Å². The Hall–Kier alpha value is -4.10. The maximum atomic E-state index is 12.7. The van der Waals surface area contributed by atoms with Crippen LogP contribution in [0.2, 0.25) is 0 Å². The van der Waals surface area contributed by atoms with Crippen molar-refractivity contribution in [3.05, 3.63) is 48.5 Å². The molecule has 13 heteroatoms. The quantitative estimate of drug-likeness (QED) is 0.296. The van der Waals surface area contributed by atoms with E-state index in [-0.39, 0.29) is 29.7 Å². The van der Waals surface area contributed by atoms with E-state index < -0.39 is 10.0 Å². The number of nitrogens with one attached hydrogen (secondary N) is 1. The Bertz CT molecular complexity index is 1470. The fourth-order valence-corrected chi connectivity index (χ4v) is 4.57. The summed E-state index contributed by atoms with van der Waals surface area (Å²) < 4.78 is 56.1. The second-order valence-corrected chi connectivity index (χ2v) is 9.03. The average molecular weight is 516 g/mol. The van der Waals surface area contributed by atoms with Gasteiger partial charge in [-0.1, -0.05) is 0 Å². The van der Waals surface area contributed by atoms with E-state index in [4.69, 9.17) is 23.7 Å². The van der Waals surface area contributed by atoms with Crippen molar-refractivity contribution in [1.29, 1.82) is 0 Å². The maximum absolute atomic E-state index is 12.7. The average Bonchev–Trinajstić information content (AvgIpc) is 3.33. The summed E-state index contributed by atoms with van der Waals surface area (Å²) in [5.74, 6) is 2.53. The fourth-order valence-electron chi connectivity index (χ4n) is 3.41. The van der Waals surface area contributed by atoms with Crippen LogP contribution in [0.5, 0.6) is 28.9 Å². The molecule has 2 aromatic carbocycles. The predicted octanol–water partition coefficient (Wildman–Crippen LogP) is 2.18. The number of sulfonamides is 1. The van der Waals surface area contributed by atoms with Crippen LogP contribution in [0.1, 0.15) is 0 Å². The molecule has 12 nitrogen and oxygen atoms in total. The molecule has 0 aliphatic carbocycles. The zero-order valence-electron chi connectivity index (χ0n) is 20.1. The van der Waals surface area contributed by atoms with E-state index in [2.05, 4.69) is 20.0 Å². The summed E-state index contributed by atoms with van der Waals surface area (Å²) >= 11 is 0. The standard InChI is InChI=1S/C23H25N5O7S/c1-31-16-6-8-20(19(14-16)34-4)36(29,30)24-11-12-35-22-10-9-21-25-26-23(28(21)27-22)15-5-7-17(32-2)18(13-15)33-3/h5-10,13-14,24H,11-12H2,1-4H3. The summed E-state index contributed by atoms with van der Waals surface area (Å²) in [6.45, 7) is 0.0337. The van der Waals surface area contributed by atoms with Crippen molar-refractivity contribution in [2.75, 3.05) is 41.6 Å². The van der Waals surface area contributed by atoms with E-state index in [0.717, 1.165) is 0 Å². The minimum atomic E-state index is -3.84. The van der Waals surface area contributed by atoms with Gasteiger partial charge in [0.1, 0.15) is 23.0 Å². The third-order valence-electron chi connectivity index (χ3n) is 5.18. The van der Waals surface area contributed by atoms with Crippen molar-refractivity contribution in [2.24, 2.45) is 0 Å². The highest BCUT2D eigenvalue weighted by Crippen LogP contribution is 2.32. The van der Waals surface area contributed by atoms with Crippen LogP contribution in [0.3, 0.4) is 0 Å². The van der Waals surface area contributed by atoms with Crippen LogP contribution >= 0.6 is 0 Å². The van der Waals surface area contributed by atoms with Crippen LogP contribution in [0.15, 0.2) is 53.4 Å². The van der Waals surface area contributed by atoms with Crippen molar-refractivity contribution >= 4 is 15.7 Å². The number of aromatic nitrogens is 4. The van der Waals surface area contributed by atoms with Crippen LogP contribution in [-0.2, 0) is 10.0 Å². The molecule has 0 saturated carbocycles. The van der Waals surface area contributed by atoms with E-state index in [1.165, 1.54) is 30.9 Å². The first-order valence-electron chi connectivity index (χ1n) is 10.7. The normalized spacial score (nSPS) is 11.3. The van der Waals surface area contributed by atoms with Gasteiger partial charge < -0.3 is 23.7 Å². The van der Waals surface area contributed by atoms with E-state index in [1.807, 2.05) is 6.07 Å². The summed E-state index contributed by atoms with van der Waals surface area (Å²) in [5.41, 5.74) is 1.23. The Balaban J connectivity index is 1.46. The number of ether oxygens (including phenoxy) is 5. The second kappa shape index (κ2) is 10.7. The smallest absolute Gasteiger partial charge is 0.244 e. The SMILES string of the molecule is COc1ccc(S(=O)(=O)NCCOc2ccc3nnc(-c4ccc(OC)c(OC)c4)n3n2)c(OC)c1. The zero-order chi connectivity index (χ0) is 25.7. The van der Waals surface area contributed by atoms with Gasteiger partial charge in [-0.15, -0.1) is 15.3 Å². The molecule has 4 aromatic rings. The predicted molar refractivity (Wildman–Crippen MR) is 130 cm³/mol. The summed E-state index contributed by atoms with van der Waals surface area (Å²) in [6.07, 6.45) is 0. The Morgan fingerprint density at radius 2 is 1.61 bits per heavy atom. The van der Waals surface area contributed by atoms with E-state index in [9.17, 15) is 8.42 Å². The lowest BCUT2D eigenvalue weighted by atomic mass is 10.2. The first-order chi connectivity index (χ1) is 17.4. The molecule has 1 N–H and O–H groups in total. The minimum absolute atomic E-state index is 0.00193. The molecule has 0 radical (unpaired) electrons. The first kappa shape index (κ1) is 25.0. The molecule has 2 aromatic heterocycles. The van der Waals surface area contributed by atoms with Crippen molar-refractivity contribution in [3.8, 4) is 40.3 Å². The summed E-state index contributed by atoms with van der Waals surface area (Å²) in [5, 5.41) is 12.8. The van der Waals surface area contributed by atoms with Gasteiger partial charge in [0.15, 0.2) is 23.0 Å². The lowest BCUT2D eigenvalue weighted by Crippen LogP contribution is -2.28. The molecule has 2 heterocycles. The topological polar surface area (TPSA) is 135 Å². The minimum Gasteiger partial charge on any atom is -0.497 e. The van der Waals surface area contributed by atoms with Gasteiger partial charge in [-0.25, -0.2) is 13.1 Å². The number of nitrogens with zero attached hydrogens (tertiary/aromatic N) is 4. The van der Waals surface area contributed by atoms with Gasteiger partial charge >= 0.3 is 0 Å². The van der Waals surface area contributed by atoms with Gasteiger partial charge in [-0.3, -0.25) is 0 Å². The lowest BCUT2D eigenvalue weighted by Gasteiger charge is -2.12. The highest BCUT2D eigenvalue weighted by molar-refractivity contribution is 7.89. The molecule has 0 amide bonds. The van der Waals surface area contributed by atoms with Gasteiger partial charge in [0.05, 0.1) is 28.4 Å². The number of hydrogen-bond acceptors (Lipinski definition) is 10. The summed E-state index contributed by atoms with van der Waals surface area (Å²) in [7, 11) is 2.14. The van der Waals surface area contributed by atoms with Crippen molar-refractivity contribution in [2.45, 2.75) is 4.90 Å². The molecule has 0 aliphatic heterocycles. The first-order valence-corrected chi connectivity index (χ1v) is 12.2. The third kappa shape index (κ3) is 5.11. The summed E-state index contributed by atoms with van der Waals surface area (Å²) in [4.78, 5) is -0.00519. The van der Waals surface area contributed by atoms with Crippen LogP contribution < -0.4 is 28.4 Å². The molecule has 0 bridgehead atoms. The Morgan fingerprint density at radius 3 is 2.33 bits per heavy atom. The maximum Gasteiger partial charge on any atom is 0.244 e. The Labute approximate surface area is 207 Å². The van der Waals surface area contributed by atoms with Crippen LogP contribution in [-0.4, -0.2) is 69.8 Å². The molecule has 0 fully saturated rings. The molecular weight excluding hydrogens is 490 g/mol. The molecule has 0 atom stereocenters. The van der Waals surface area contributed by atoms with Crippen molar-refractivity contribution < 1.29 is 32.1 Å². The molecular formula is C23H25N5O7S. The third-order valence-corrected chi connectivity index (χ3v) is 6.68. The molecule has 0 aliphatic rings. The largest absolute Gasteiger partial charge is 0.497 e. The van der Waals surface area contributed by atoms with Gasteiger partial charge in [-0.2, -0.15) is 4.52 Å². The highest BCUT2D eigenvalue weighted by atomic mass is 32.2. The zero-order valence-corrected chi connectivity index (χ0v) is 20.9. The monoisotopic (exact) mass is 515 g/mol. The van der Waals surface area contributed by atoms with Gasteiger partial charge in [0.25, 0.3) is 0 Å². The van der Waals surface area contributed by atoms with Crippen LogP contribution in [0.4, 0.5) is 0 Å². The van der Waals surface area contributed by atoms with E-state index >= 15 is 0 Å². The number of hydrogen-bond donors (Lipinski definition) is 1. The highest BCUT2D eigenvalue weighted by Gasteiger charge is 2.20. The Kier molecular flexibility index (Phi) is 7.41. The van der Waals surface area contributed by atoms with Crippen molar-refractivity contribution in [1.82, 2.24) is 24.5 Å². The Morgan fingerprint density at radius 1 is 0.833 bits per heavy atom. The van der Waals surface area contributed by atoms with Gasteiger partial charge in [0.2, 0.25) is 15.9 Å². The van der Waals surface area contributed by atoms with Crippen LogP contribution in [0, 0.1) is 0 Å². The molecule has 0 spiro atoms. The van der Waals surface area contributed by atoms with Crippen LogP contribution in [0.25, 0.3) is 17.0 Å². The molecule has 0 saturated heterocycles. The van der Waals surface area contributed by atoms with E-state index in [0.29, 0.717) is 34.3 Å². The molecule has 190 valence electrons. The molecule has 0 unspecified atom stereocenters. The second-order valence-electron chi connectivity index (χ2n) is 7.30. The van der Waals surface area contributed by atoms with E-state index in [1.54, 1.807) is 44.6 Å². The number of rotatable bonds is 11. The van der Waals surface area contributed by atoms with Gasteiger partial charge in [-0.05, 0) is 36.4 Å². The summed E-state index contributed by atoms with van der Waals surface area (Å²) in [6, 6.07) is 13.1. The number of fused-ring (bicyclic) bond motifs is 1. The number of benzene rings is 2. The lowest BCUT2D eigenvalue weighted by molar-refractivity contribution is 0.305. The molecule has 4 rings (SSSR count). The fraction of sp³-hybridized carbons (Fsp3) is 0.261.